The van der Waals surface area contributed by atoms with E-state index in [1.165, 1.54) is 0 Å². The van der Waals surface area contributed by atoms with Crippen LogP contribution in [0.2, 0.25) is 0 Å². The van der Waals surface area contributed by atoms with Crippen molar-refractivity contribution in [2.24, 2.45) is 5.92 Å². The molecular weight excluding hydrogens is 188 g/mol. The fraction of sp³-hybridized carbons (Fsp3) is 0.636. The van der Waals surface area contributed by atoms with Gasteiger partial charge >= 0.3 is 0 Å². The minimum Gasteiger partial charge on any atom is -0.382 e. The van der Waals surface area contributed by atoms with E-state index in [1.54, 1.807) is 12.4 Å². The van der Waals surface area contributed by atoms with Gasteiger partial charge in [0.05, 0.1) is 12.4 Å². The van der Waals surface area contributed by atoms with E-state index in [1.807, 2.05) is 7.05 Å². The Kier molecular flexibility index (Phi) is 3.88. The topological polar surface area (TPSA) is 55.0 Å². The van der Waals surface area contributed by atoms with Crippen LogP contribution in [0.25, 0.3) is 0 Å². The van der Waals surface area contributed by atoms with Crippen molar-refractivity contribution in [1.29, 1.82) is 0 Å². The molecule has 0 saturated heterocycles. The predicted molar refractivity (Wildman–Crippen MR) is 63.8 cm³/mol. The van der Waals surface area contributed by atoms with Crippen LogP contribution in [-0.4, -0.2) is 23.1 Å². The SMILES string of the molecule is CC(C)CC(C)N(C)c1cnc(N)cn1. The zero-order chi connectivity index (χ0) is 11.4. The molecule has 0 saturated carbocycles. The van der Waals surface area contributed by atoms with Crippen LogP contribution < -0.4 is 10.6 Å². The highest BCUT2D eigenvalue weighted by atomic mass is 15.2. The lowest BCUT2D eigenvalue weighted by Gasteiger charge is -2.26. The lowest BCUT2D eigenvalue weighted by Crippen LogP contribution is -2.30. The van der Waals surface area contributed by atoms with Crippen molar-refractivity contribution in [3.05, 3.63) is 12.4 Å². The molecule has 1 heterocycles. The monoisotopic (exact) mass is 208 g/mol. The van der Waals surface area contributed by atoms with Crippen LogP contribution in [0.4, 0.5) is 11.6 Å². The van der Waals surface area contributed by atoms with Crippen molar-refractivity contribution in [2.75, 3.05) is 17.7 Å². The Hall–Kier alpha value is -1.32. The van der Waals surface area contributed by atoms with E-state index in [2.05, 4.69) is 35.6 Å². The average Bonchev–Trinajstić information content (AvgIpc) is 2.17. The maximum Gasteiger partial charge on any atom is 0.147 e. The molecular formula is C11H20N4. The summed E-state index contributed by atoms with van der Waals surface area (Å²) in [5.41, 5.74) is 5.49. The highest BCUT2D eigenvalue weighted by Crippen LogP contribution is 2.15. The number of hydrogen-bond acceptors (Lipinski definition) is 4. The molecule has 2 N–H and O–H groups in total. The second-order valence-corrected chi connectivity index (χ2v) is 4.39. The molecule has 1 aromatic rings. The molecule has 1 atom stereocenters. The zero-order valence-corrected chi connectivity index (χ0v) is 9.94. The van der Waals surface area contributed by atoms with Gasteiger partial charge in [-0.1, -0.05) is 13.8 Å². The summed E-state index contributed by atoms with van der Waals surface area (Å²) in [6, 6.07) is 0.461. The molecule has 0 aliphatic heterocycles. The summed E-state index contributed by atoms with van der Waals surface area (Å²) in [5.74, 6) is 2.02. The Morgan fingerprint density at radius 3 is 2.40 bits per heavy atom. The van der Waals surface area contributed by atoms with Crippen LogP contribution in [0.15, 0.2) is 12.4 Å². The van der Waals surface area contributed by atoms with Gasteiger partial charge in [0.15, 0.2) is 0 Å². The van der Waals surface area contributed by atoms with Crippen molar-refractivity contribution in [3.63, 3.8) is 0 Å². The Morgan fingerprint density at radius 1 is 1.27 bits per heavy atom. The molecule has 1 rings (SSSR count). The Labute approximate surface area is 91.5 Å². The predicted octanol–water partition coefficient (Wildman–Crippen LogP) is 1.93. The molecule has 4 heteroatoms. The Balaban J connectivity index is 2.67. The van der Waals surface area contributed by atoms with Gasteiger partial charge in [-0.05, 0) is 19.3 Å². The summed E-state index contributed by atoms with van der Waals surface area (Å²) in [5, 5.41) is 0. The molecule has 0 aliphatic rings. The van der Waals surface area contributed by atoms with E-state index >= 15 is 0 Å². The first-order chi connectivity index (χ1) is 7.00. The molecule has 84 valence electrons. The van der Waals surface area contributed by atoms with Gasteiger partial charge in [-0.25, -0.2) is 9.97 Å². The normalized spacial score (nSPS) is 12.9. The largest absolute Gasteiger partial charge is 0.382 e. The van der Waals surface area contributed by atoms with Crippen LogP contribution in [0.1, 0.15) is 27.2 Å². The minimum atomic E-state index is 0.461. The third kappa shape index (κ3) is 3.38. The molecule has 0 fully saturated rings. The highest BCUT2D eigenvalue weighted by Gasteiger charge is 2.12. The van der Waals surface area contributed by atoms with E-state index in [0.29, 0.717) is 17.8 Å². The van der Waals surface area contributed by atoms with Gasteiger partial charge in [0.1, 0.15) is 11.6 Å². The highest BCUT2D eigenvalue weighted by molar-refractivity contribution is 5.39. The smallest absolute Gasteiger partial charge is 0.147 e. The number of nitrogens with two attached hydrogens (primary N) is 1. The lowest BCUT2D eigenvalue weighted by molar-refractivity contribution is 0.502. The number of hydrogen-bond donors (Lipinski definition) is 1. The van der Waals surface area contributed by atoms with Crippen LogP contribution in [0, 0.1) is 5.92 Å². The van der Waals surface area contributed by atoms with Crippen LogP contribution >= 0.6 is 0 Å². The summed E-state index contributed by atoms with van der Waals surface area (Å²) >= 11 is 0. The summed E-state index contributed by atoms with van der Waals surface area (Å²) in [6.45, 7) is 6.63. The average molecular weight is 208 g/mol. The molecule has 15 heavy (non-hydrogen) atoms. The van der Waals surface area contributed by atoms with Gasteiger partial charge < -0.3 is 10.6 Å². The molecule has 0 aromatic carbocycles. The molecule has 1 aromatic heterocycles. The van der Waals surface area contributed by atoms with Gasteiger partial charge in [-0.3, -0.25) is 0 Å². The summed E-state index contributed by atoms with van der Waals surface area (Å²) in [7, 11) is 2.03. The fourth-order valence-electron chi connectivity index (χ4n) is 1.58. The zero-order valence-electron chi connectivity index (χ0n) is 9.94. The number of nitrogens with zero attached hydrogens (tertiary/aromatic N) is 3. The van der Waals surface area contributed by atoms with Crippen molar-refractivity contribution in [2.45, 2.75) is 33.2 Å². The maximum absolute atomic E-state index is 5.49. The first-order valence-electron chi connectivity index (χ1n) is 5.31. The maximum atomic E-state index is 5.49. The van der Waals surface area contributed by atoms with Gasteiger partial charge in [-0.15, -0.1) is 0 Å². The van der Waals surface area contributed by atoms with Crippen molar-refractivity contribution in [3.8, 4) is 0 Å². The third-order valence-electron chi connectivity index (χ3n) is 2.49. The first-order valence-corrected chi connectivity index (χ1v) is 5.31. The Bertz CT molecular complexity index is 294. The molecule has 0 bridgehead atoms. The summed E-state index contributed by atoms with van der Waals surface area (Å²) in [4.78, 5) is 10.4. The standard InChI is InChI=1S/C11H20N4/c1-8(2)5-9(3)15(4)11-7-13-10(12)6-14-11/h6-9H,5H2,1-4H3,(H2,12,13). The first kappa shape index (κ1) is 11.8. The second-order valence-electron chi connectivity index (χ2n) is 4.39. The molecule has 0 spiro atoms. The minimum absolute atomic E-state index is 0.461. The van der Waals surface area contributed by atoms with Crippen LogP contribution in [0.5, 0.6) is 0 Å². The number of rotatable bonds is 4. The van der Waals surface area contributed by atoms with Crippen molar-refractivity contribution < 1.29 is 0 Å². The van der Waals surface area contributed by atoms with E-state index in [0.717, 1.165) is 12.2 Å². The van der Waals surface area contributed by atoms with Crippen molar-refractivity contribution in [1.82, 2.24) is 9.97 Å². The fourth-order valence-corrected chi connectivity index (χ4v) is 1.58. The van der Waals surface area contributed by atoms with Crippen LogP contribution in [-0.2, 0) is 0 Å². The van der Waals surface area contributed by atoms with E-state index < -0.39 is 0 Å². The van der Waals surface area contributed by atoms with Crippen LogP contribution in [0.3, 0.4) is 0 Å². The number of anilines is 2. The van der Waals surface area contributed by atoms with Gasteiger partial charge in [0.25, 0.3) is 0 Å². The molecule has 0 aliphatic carbocycles. The Morgan fingerprint density at radius 2 is 1.93 bits per heavy atom. The second kappa shape index (κ2) is 4.96. The number of aromatic nitrogens is 2. The quantitative estimate of drug-likeness (QED) is 0.821. The lowest BCUT2D eigenvalue weighted by atomic mass is 10.0. The number of nitrogen functional groups attached to an aromatic ring is 1. The molecule has 0 amide bonds. The van der Waals surface area contributed by atoms with E-state index in [4.69, 9.17) is 5.73 Å². The molecule has 1 unspecified atom stereocenters. The molecule has 4 nitrogen and oxygen atoms in total. The van der Waals surface area contributed by atoms with Gasteiger partial charge in [0, 0.05) is 13.1 Å². The van der Waals surface area contributed by atoms with Crippen molar-refractivity contribution >= 4 is 11.6 Å². The van der Waals surface area contributed by atoms with E-state index in [-0.39, 0.29) is 0 Å². The summed E-state index contributed by atoms with van der Waals surface area (Å²) < 4.78 is 0. The third-order valence-corrected chi connectivity index (χ3v) is 2.49. The van der Waals surface area contributed by atoms with Gasteiger partial charge in [0.2, 0.25) is 0 Å². The summed E-state index contributed by atoms with van der Waals surface area (Å²) in [6.07, 6.45) is 4.45. The van der Waals surface area contributed by atoms with Gasteiger partial charge in [-0.2, -0.15) is 0 Å². The molecule has 0 radical (unpaired) electrons. The van der Waals surface area contributed by atoms with E-state index in [9.17, 15) is 0 Å².